The van der Waals surface area contributed by atoms with Gasteiger partial charge in [0.25, 0.3) is 0 Å². The Morgan fingerprint density at radius 2 is 1.89 bits per heavy atom. The summed E-state index contributed by atoms with van der Waals surface area (Å²) < 4.78 is 19.4. The molecular formula is C16H23FO. The molecule has 1 aromatic rings. The molecule has 0 aliphatic heterocycles. The Kier molecular flexibility index (Phi) is 3.94. The van der Waals surface area contributed by atoms with Crippen molar-refractivity contribution in [2.45, 2.75) is 51.9 Å². The van der Waals surface area contributed by atoms with E-state index in [1.807, 2.05) is 12.1 Å². The Morgan fingerprint density at radius 3 is 2.50 bits per heavy atom. The summed E-state index contributed by atoms with van der Waals surface area (Å²) in [5, 5.41) is 0. The minimum atomic E-state index is -0.249. The highest BCUT2D eigenvalue weighted by Crippen LogP contribution is 2.30. The topological polar surface area (TPSA) is 9.23 Å². The van der Waals surface area contributed by atoms with Crippen LogP contribution in [0, 0.1) is 11.7 Å². The van der Waals surface area contributed by atoms with E-state index >= 15 is 0 Å². The van der Waals surface area contributed by atoms with Crippen molar-refractivity contribution in [2.75, 3.05) is 6.61 Å². The number of rotatable bonds is 3. The maximum atomic E-state index is 13.7. The van der Waals surface area contributed by atoms with Gasteiger partial charge >= 0.3 is 0 Å². The van der Waals surface area contributed by atoms with Gasteiger partial charge in [0.15, 0.2) is 11.6 Å². The number of hydrogen-bond donors (Lipinski definition) is 0. The first-order valence-corrected chi connectivity index (χ1v) is 6.89. The molecule has 1 aliphatic rings. The second-order valence-electron chi connectivity index (χ2n) is 6.36. The van der Waals surface area contributed by atoms with Gasteiger partial charge < -0.3 is 4.74 Å². The highest BCUT2D eigenvalue weighted by molar-refractivity contribution is 5.34. The van der Waals surface area contributed by atoms with E-state index in [0.717, 1.165) is 5.56 Å². The first-order chi connectivity index (χ1) is 8.47. The molecule has 0 amide bonds. The van der Waals surface area contributed by atoms with Crippen molar-refractivity contribution in [3.05, 3.63) is 29.6 Å². The fourth-order valence-corrected chi connectivity index (χ4v) is 2.47. The fraction of sp³-hybridized carbons (Fsp3) is 0.625. The minimum Gasteiger partial charge on any atom is -0.490 e. The van der Waals surface area contributed by atoms with Gasteiger partial charge in [-0.05, 0) is 41.9 Å². The van der Waals surface area contributed by atoms with Crippen LogP contribution in [0.1, 0.15) is 52.0 Å². The largest absolute Gasteiger partial charge is 0.490 e. The zero-order chi connectivity index (χ0) is 13.2. The van der Waals surface area contributed by atoms with Crippen molar-refractivity contribution >= 4 is 0 Å². The molecule has 0 atom stereocenters. The third-order valence-corrected chi connectivity index (χ3v) is 3.75. The van der Waals surface area contributed by atoms with Crippen molar-refractivity contribution < 1.29 is 9.13 Å². The summed E-state index contributed by atoms with van der Waals surface area (Å²) >= 11 is 0. The summed E-state index contributed by atoms with van der Waals surface area (Å²) in [6.45, 7) is 7.04. The molecule has 1 aliphatic carbocycles. The van der Waals surface area contributed by atoms with Gasteiger partial charge in [-0.2, -0.15) is 0 Å². The number of ether oxygens (including phenoxy) is 1. The first-order valence-electron chi connectivity index (χ1n) is 6.89. The average molecular weight is 250 g/mol. The van der Waals surface area contributed by atoms with Crippen LogP contribution in [0.15, 0.2) is 18.2 Å². The van der Waals surface area contributed by atoms with Crippen LogP contribution >= 0.6 is 0 Å². The van der Waals surface area contributed by atoms with Gasteiger partial charge in [0.2, 0.25) is 0 Å². The SMILES string of the molecule is CC(C)(C)c1ccc(F)c(OCC2CCCC2)c1. The summed E-state index contributed by atoms with van der Waals surface area (Å²) in [7, 11) is 0. The molecule has 0 spiro atoms. The van der Waals surface area contributed by atoms with Crippen LogP contribution in [0.25, 0.3) is 0 Å². The minimum absolute atomic E-state index is 0.0270. The van der Waals surface area contributed by atoms with E-state index in [9.17, 15) is 4.39 Å². The van der Waals surface area contributed by atoms with Crippen molar-refractivity contribution in [1.82, 2.24) is 0 Å². The van der Waals surface area contributed by atoms with Crippen molar-refractivity contribution in [3.63, 3.8) is 0 Å². The van der Waals surface area contributed by atoms with E-state index in [0.29, 0.717) is 18.3 Å². The van der Waals surface area contributed by atoms with Crippen LogP contribution in [0.5, 0.6) is 5.75 Å². The summed E-state index contributed by atoms with van der Waals surface area (Å²) in [5.41, 5.74) is 1.14. The van der Waals surface area contributed by atoms with Gasteiger partial charge in [-0.25, -0.2) is 4.39 Å². The lowest BCUT2D eigenvalue weighted by Crippen LogP contribution is -2.13. The molecule has 0 unspecified atom stereocenters. The Morgan fingerprint density at radius 1 is 1.22 bits per heavy atom. The van der Waals surface area contributed by atoms with E-state index in [1.54, 1.807) is 0 Å². The molecule has 0 aromatic heterocycles. The monoisotopic (exact) mass is 250 g/mol. The molecule has 2 rings (SSSR count). The molecule has 0 N–H and O–H groups in total. The molecule has 2 heteroatoms. The van der Waals surface area contributed by atoms with E-state index in [-0.39, 0.29) is 11.2 Å². The van der Waals surface area contributed by atoms with Crippen LogP contribution in [-0.2, 0) is 5.41 Å². The lowest BCUT2D eigenvalue weighted by molar-refractivity contribution is 0.241. The molecule has 1 nitrogen and oxygen atoms in total. The predicted molar refractivity (Wildman–Crippen MR) is 72.6 cm³/mol. The number of hydrogen-bond acceptors (Lipinski definition) is 1. The zero-order valence-electron chi connectivity index (χ0n) is 11.6. The van der Waals surface area contributed by atoms with E-state index in [4.69, 9.17) is 4.74 Å². The molecular weight excluding hydrogens is 227 g/mol. The van der Waals surface area contributed by atoms with Gasteiger partial charge in [0.1, 0.15) is 0 Å². The second kappa shape index (κ2) is 5.29. The Bertz CT molecular complexity index is 400. The third-order valence-electron chi connectivity index (χ3n) is 3.75. The summed E-state index contributed by atoms with van der Waals surface area (Å²) in [6, 6.07) is 5.21. The van der Waals surface area contributed by atoms with Gasteiger partial charge in [-0.1, -0.05) is 39.7 Å². The highest BCUT2D eigenvalue weighted by atomic mass is 19.1. The first kappa shape index (κ1) is 13.4. The molecule has 1 fully saturated rings. The normalized spacial score (nSPS) is 17.1. The van der Waals surface area contributed by atoms with Crippen LogP contribution in [0.4, 0.5) is 4.39 Å². The highest BCUT2D eigenvalue weighted by Gasteiger charge is 2.19. The van der Waals surface area contributed by atoms with Crippen molar-refractivity contribution in [3.8, 4) is 5.75 Å². The molecule has 18 heavy (non-hydrogen) atoms. The van der Waals surface area contributed by atoms with Crippen molar-refractivity contribution in [2.24, 2.45) is 5.92 Å². The molecule has 1 aromatic carbocycles. The average Bonchev–Trinajstić information content (AvgIpc) is 2.79. The molecule has 0 radical (unpaired) electrons. The Labute approximate surface area is 109 Å². The van der Waals surface area contributed by atoms with Gasteiger partial charge in [-0.15, -0.1) is 0 Å². The van der Waals surface area contributed by atoms with Crippen molar-refractivity contribution in [1.29, 1.82) is 0 Å². The molecule has 0 heterocycles. The van der Waals surface area contributed by atoms with Crippen LogP contribution in [0.3, 0.4) is 0 Å². The van der Waals surface area contributed by atoms with E-state index < -0.39 is 0 Å². The third kappa shape index (κ3) is 3.24. The van der Waals surface area contributed by atoms with Gasteiger partial charge in [-0.3, -0.25) is 0 Å². The number of halogens is 1. The molecule has 1 saturated carbocycles. The number of benzene rings is 1. The van der Waals surface area contributed by atoms with E-state index in [2.05, 4.69) is 20.8 Å². The standard InChI is InChI=1S/C16H23FO/c1-16(2,3)13-8-9-14(17)15(10-13)18-11-12-6-4-5-7-12/h8-10,12H,4-7,11H2,1-3H3. The fourth-order valence-electron chi connectivity index (χ4n) is 2.47. The smallest absolute Gasteiger partial charge is 0.165 e. The van der Waals surface area contributed by atoms with Crippen LogP contribution in [0.2, 0.25) is 0 Å². The predicted octanol–water partition coefficient (Wildman–Crippen LogP) is 4.69. The molecule has 0 bridgehead atoms. The maximum Gasteiger partial charge on any atom is 0.165 e. The summed E-state index contributed by atoms with van der Waals surface area (Å²) in [4.78, 5) is 0. The maximum absolute atomic E-state index is 13.7. The second-order valence-corrected chi connectivity index (χ2v) is 6.36. The Balaban J connectivity index is 2.06. The van der Waals surface area contributed by atoms with Crippen LogP contribution in [-0.4, -0.2) is 6.61 Å². The Hall–Kier alpha value is -1.05. The van der Waals surface area contributed by atoms with Gasteiger partial charge in [0, 0.05) is 0 Å². The molecule has 100 valence electrons. The lowest BCUT2D eigenvalue weighted by Gasteiger charge is -2.20. The van der Waals surface area contributed by atoms with Crippen LogP contribution < -0.4 is 4.74 Å². The quantitative estimate of drug-likeness (QED) is 0.756. The van der Waals surface area contributed by atoms with Gasteiger partial charge in [0.05, 0.1) is 6.61 Å². The zero-order valence-corrected chi connectivity index (χ0v) is 11.6. The van der Waals surface area contributed by atoms with E-state index in [1.165, 1.54) is 31.7 Å². The summed E-state index contributed by atoms with van der Waals surface area (Å²) in [6.07, 6.45) is 5.03. The lowest BCUT2D eigenvalue weighted by atomic mass is 9.87. The molecule has 0 saturated heterocycles. The summed E-state index contributed by atoms with van der Waals surface area (Å²) in [5.74, 6) is 0.776.